The largest absolute Gasteiger partial charge is 0.444 e. The molecule has 1 aromatic rings. The molecule has 0 aliphatic heterocycles. The van der Waals surface area contributed by atoms with E-state index in [0.29, 0.717) is 13.2 Å². The van der Waals surface area contributed by atoms with E-state index in [2.05, 4.69) is 5.10 Å². The molecule has 6 nitrogen and oxygen atoms in total. The summed E-state index contributed by atoms with van der Waals surface area (Å²) in [6, 6.07) is 1.87. The molecule has 1 amide bonds. The second kappa shape index (κ2) is 7.45. The normalized spacial score (nSPS) is 13.0. The summed E-state index contributed by atoms with van der Waals surface area (Å²) in [6.45, 7) is 11.2. The van der Waals surface area contributed by atoms with Crippen LogP contribution in [0.5, 0.6) is 0 Å². The number of amides is 1. The third-order valence-corrected chi connectivity index (χ3v) is 2.97. The van der Waals surface area contributed by atoms with Crippen molar-refractivity contribution in [3.05, 3.63) is 18.0 Å². The summed E-state index contributed by atoms with van der Waals surface area (Å²) in [4.78, 5) is 13.5. The fourth-order valence-corrected chi connectivity index (χ4v) is 1.62. The van der Waals surface area contributed by atoms with E-state index in [1.165, 1.54) is 0 Å². The maximum Gasteiger partial charge on any atom is 0.410 e. The highest BCUT2D eigenvalue weighted by Gasteiger charge is 2.22. The molecule has 0 saturated heterocycles. The summed E-state index contributed by atoms with van der Waals surface area (Å²) in [6.07, 6.45) is 1.59. The molecule has 21 heavy (non-hydrogen) atoms. The molecule has 0 unspecified atom stereocenters. The zero-order valence-corrected chi connectivity index (χ0v) is 13.9. The zero-order chi connectivity index (χ0) is 16.0. The van der Waals surface area contributed by atoms with Gasteiger partial charge in [0, 0.05) is 19.8 Å². The van der Waals surface area contributed by atoms with Crippen LogP contribution in [0.4, 0.5) is 4.79 Å². The van der Waals surface area contributed by atoms with Crippen LogP contribution in [-0.4, -0.2) is 46.1 Å². The first-order valence-electron chi connectivity index (χ1n) is 7.29. The van der Waals surface area contributed by atoms with Gasteiger partial charge < -0.3 is 14.4 Å². The molecule has 6 heteroatoms. The molecule has 0 bridgehead atoms. The van der Waals surface area contributed by atoms with Crippen LogP contribution in [0.2, 0.25) is 0 Å². The third-order valence-electron chi connectivity index (χ3n) is 2.97. The molecule has 0 spiro atoms. The molecule has 0 N–H and O–H groups in total. The summed E-state index contributed by atoms with van der Waals surface area (Å²) >= 11 is 0. The number of aryl methyl sites for hydroxylation is 1. The van der Waals surface area contributed by atoms with Gasteiger partial charge in [-0.25, -0.2) is 4.79 Å². The van der Waals surface area contributed by atoms with E-state index in [1.807, 2.05) is 51.6 Å². The smallest absolute Gasteiger partial charge is 0.410 e. The zero-order valence-electron chi connectivity index (χ0n) is 13.9. The van der Waals surface area contributed by atoms with Crippen LogP contribution in [0.3, 0.4) is 0 Å². The topological polar surface area (TPSA) is 56.6 Å². The monoisotopic (exact) mass is 297 g/mol. The van der Waals surface area contributed by atoms with Crippen LogP contribution >= 0.6 is 0 Å². The Kier molecular flexibility index (Phi) is 6.20. The third kappa shape index (κ3) is 6.16. The second-order valence-electron chi connectivity index (χ2n) is 6.12. The minimum Gasteiger partial charge on any atom is -0.444 e. The molecule has 1 heterocycles. The molecule has 0 radical (unpaired) electrons. The Hall–Kier alpha value is -1.56. The first kappa shape index (κ1) is 17.5. The Morgan fingerprint density at radius 1 is 1.48 bits per heavy atom. The Bertz CT molecular complexity index is 451. The van der Waals surface area contributed by atoms with Gasteiger partial charge in [-0.15, -0.1) is 0 Å². The van der Waals surface area contributed by atoms with Crippen LogP contribution in [0.1, 0.15) is 40.3 Å². The lowest BCUT2D eigenvalue weighted by molar-refractivity contribution is 0.00888. The van der Waals surface area contributed by atoms with Gasteiger partial charge in [0.1, 0.15) is 5.60 Å². The van der Waals surface area contributed by atoms with E-state index < -0.39 is 5.60 Å². The number of aromatic nitrogens is 2. The van der Waals surface area contributed by atoms with E-state index in [-0.39, 0.29) is 12.1 Å². The van der Waals surface area contributed by atoms with Crippen LogP contribution in [0, 0.1) is 0 Å². The maximum atomic E-state index is 11.9. The van der Waals surface area contributed by atoms with Gasteiger partial charge in [-0.05, 0) is 40.7 Å². The highest BCUT2D eigenvalue weighted by atomic mass is 16.6. The van der Waals surface area contributed by atoms with E-state index >= 15 is 0 Å². The molecule has 120 valence electrons. The quantitative estimate of drug-likeness (QED) is 0.810. The number of carbonyl (C=O) groups is 1. The van der Waals surface area contributed by atoms with Crippen molar-refractivity contribution in [3.8, 4) is 0 Å². The van der Waals surface area contributed by atoms with Crippen molar-refractivity contribution >= 4 is 6.09 Å². The van der Waals surface area contributed by atoms with Gasteiger partial charge in [0.2, 0.25) is 0 Å². The number of nitrogens with zero attached hydrogens (tertiary/aromatic N) is 3. The Balaban J connectivity index is 2.35. The van der Waals surface area contributed by atoms with E-state index in [0.717, 1.165) is 12.2 Å². The first-order valence-corrected chi connectivity index (χ1v) is 7.29. The highest BCUT2D eigenvalue weighted by Crippen LogP contribution is 2.11. The van der Waals surface area contributed by atoms with Gasteiger partial charge in [-0.2, -0.15) is 5.10 Å². The summed E-state index contributed by atoms with van der Waals surface area (Å²) in [5.41, 5.74) is 0.405. The maximum absolute atomic E-state index is 11.9. The van der Waals surface area contributed by atoms with Crippen molar-refractivity contribution in [2.75, 3.05) is 13.7 Å². The van der Waals surface area contributed by atoms with Crippen molar-refractivity contribution < 1.29 is 14.3 Å². The van der Waals surface area contributed by atoms with Gasteiger partial charge in [0.05, 0.1) is 24.9 Å². The molecule has 1 aromatic heterocycles. The van der Waals surface area contributed by atoms with Gasteiger partial charge in [0.25, 0.3) is 0 Å². The summed E-state index contributed by atoms with van der Waals surface area (Å²) in [5, 5.41) is 4.34. The van der Waals surface area contributed by atoms with Crippen molar-refractivity contribution in [1.29, 1.82) is 0 Å². The van der Waals surface area contributed by atoms with E-state index in [9.17, 15) is 4.79 Å². The van der Waals surface area contributed by atoms with Crippen LogP contribution in [0.15, 0.2) is 12.3 Å². The highest BCUT2D eigenvalue weighted by molar-refractivity contribution is 5.68. The molecule has 0 aromatic carbocycles. The van der Waals surface area contributed by atoms with Crippen molar-refractivity contribution in [3.63, 3.8) is 0 Å². The Morgan fingerprint density at radius 3 is 2.67 bits per heavy atom. The van der Waals surface area contributed by atoms with Gasteiger partial charge in [-0.1, -0.05) is 0 Å². The number of likely N-dealkylation sites (N-methyl/N-ethyl adjacent to an activating group) is 1. The van der Waals surface area contributed by atoms with Crippen molar-refractivity contribution in [1.82, 2.24) is 14.7 Å². The lowest BCUT2D eigenvalue weighted by atomic mass is 10.2. The summed E-state index contributed by atoms with van der Waals surface area (Å²) in [7, 11) is 1.72. The minimum atomic E-state index is -0.487. The predicted molar refractivity (Wildman–Crippen MR) is 81.0 cm³/mol. The van der Waals surface area contributed by atoms with Crippen molar-refractivity contribution in [2.24, 2.45) is 0 Å². The van der Waals surface area contributed by atoms with Gasteiger partial charge in [-0.3, -0.25) is 4.68 Å². The summed E-state index contributed by atoms with van der Waals surface area (Å²) in [5.74, 6) is 0. The average molecular weight is 297 g/mol. The number of hydrogen-bond acceptors (Lipinski definition) is 4. The number of hydrogen-bond donors (Lipinski definition) is 0. The van der Waals surface area contributed by atoms with Crippen LogP contribution in [0.25, 0.3) is 0 Å². The summed E-state index contributed by atoms with van der Waals surface area (Å²) < 4.78 is 12.8. The molecule has 0 fully saturated rings. The second-order valence-corrected chi connectivity index (χ2v) is 6.12. The first-order chi connectivity index (χ1) is 9.73. The molecular formula is C15H27N3O3. The average Bonchev–Trinajstić information content (AvgIpc) is 2.83. The van der Waals surface area contributed by atoms with E-state index in [4.69, 9.17) is 9.47 Å². The van der Waals surface area contributed by atoms with Crippen molar-refractivity contribution in [2.45, 2.75) is 59.4 Å². The lowest BCUT2D eigenvalue weighted by Crippen LogP contribution is -2.41. The van der Waals surface area contributed by atoms with Crippen LogP contribution in [-0.2, 0) is 22.6 Å². The van der Waals surface area contributed by atoms with Gasteiger partial charge in [0.15, 0.2) is 0 Å². The number of rotatable bonds is 6. The molecule has 1 rings (SSSR count). The standard InChI is InChI=1S/C15H27N3O3/c1-7-18-9-8-13(16-18)11-20-10-12(2)17(6)14(19)21-15(3,4)5/h8-9,12H,7,10-11H2,1-6H3/t12-/m1/s1. The van der Waals surface area contributed by atoms with E-state index in [1.54, 1.807) is 11.9 Å². The fourth-order valence-electron chi connectivity index (χ4n) is 1.62. The fraction of sp³-hybridized carbons (Fsp3) is 0.733. The molecule has 0 aliphatic carbocycles. The molecule has 0 aliphatic rings. The number of carbonyl (C=O) groups excluding carboxylic acids is 1. The SMILES string of the molecule is CCn1ccc(COC[C@@H](C)N(C)C(=O)OC(C)(C)C)n1. The predicted octanol–water partition coefficient (Wildman–Crippen LogP) is 2.68. The molecule has 1 atom stereocenters. The van der Waals surface area contributed by atoms with Crippen LogP contribution < -0.4 is 0 Å². The molecular weight excluding hydrogens is 270 g/mol. The minimum absolute atomic E-state index is 0.0619. The Labute approximate surface area is 127 Å². The molecule has 0 saturated carbocycles. The lowest BCUT2D eigenvalue weighted by Gasteiger charge is -2.28. The Morgan fingerprint density at radius 2 is 2.14 bits per heavy atom. The van der Waals surface area contributed by atoms with Gasteiger partial charge >= 0.3 is 6.09 Å². The number of ether oxygens (including phenoxy) is 2.